The van der Waals surface area contributed by atoms with E-state index in [1.807, 2.05) is 0 Å². The van der Waals surface area contributed by atoms with Gasteiger partial charge in [-0.1, -0.05) is 0 Å². The Balaban J connectivity index is 1.99. The maximum Gasteiger partial charge on any atom is 0.237 e. The molecule has 2 unspecified atom stereocenters. The molecule has 3 N–H and O–H groups in total. The molecule has 2 rings (SSSR count). The molecule has 0 bridgehead atoms. The molecule has 1 amide bonds. The van der Waals surface area contributed by atoms with Crippen molar-refractivity contribution < 1.29 is 13.2 Å². The Morgan fingerprint density at radius 2 is 1.90 bits per heavy atom. The zero-order valence-corrected chi connectivity index (χ0v) is 13.7. The van der Waals surface area contributed by atoms with Gasteiger partial charge in [0.2, 0.25) is 15.9 Å². The van der Waals surface area contributed by atoms with Gasteiger partial charge in [0.1, 0.15) is 0 Å². The summed E-state index contributed by atoms with van der Waals surface area (Å²) in [5.41, 5.74) is 4.96. The zero-order chi connectivity index (χ0) is 15.7. The van der Waals surface area contributed by atoms with Gasteiger partial charge in [0.25, 0.3) is 0 Å². The fraction of sp³-hybridized carbons (Fsp3) is 0.923. The van der Waals surface area contributed by atoms with Gasteiger partial charge < -0.3 is 11.1 Å². The van der Waals surface area contributed by atoms with E-state index in [4.69, 9.17) is 5.73 Å². The Labute approximate surface area is 126 Å². The van der Waals surface area contributed by atoms with E-state index in [1.54, 1.807) is 7.05 Å². The fourth-order valence-corrected chi connectivity index (χ4v) is 4.36. The topological polar surface area (TPSA) is 95.7 Å². The number of rotatable bonds is 4. The summed E-state index contributed by atoms with van der Waals surface area (Å²) < 4.78 is 24.6. The highest BCUT2D eigenvalue weighted by Crippen LogP contribution is 2.31. The molecule has 2 aliphatic rings. The van der Waals surface area contributed by atoms with E-state index >= 15 is 0 Å². The first-order chi connectivity index (χ1) is 9.78. The van der Waals surface area contributed by atoms with Crippen molar-refractivity contribution >= 4 is 15.9 Å². The summed E-state index contributed by atoms with van der Waals surface area (Å²) in [5, 5.41) is 3.11. The third-order valence-electron chi connectivity index (χ3n) is 4.93. The van der Waals surface area contributed by atoms with Crippen LogP contribution < -0.4 is 11.1 Å². The first-order valence-electron chi connectivity index (χ1n) is 7.46. The minimum atomic E-state index is -3.10. The smallest absolute Gasteiger partial charge is 0.237 e. The Morgan fingerprint density at radius 3 is 2.38 bits per heavy atom. The van der Waals surface area contributed by atoms with Crippen LogP contribution in [0.5, 0.6) is 0 Å². The molecule has 1 aliphatic carbocycles. The van der Waals surface area contributed by atoms with Crippen LogP contribution in [0.1, 0.15) is 25.7 Å². The van der Waals surface area contributed by atoms with Crippen molar-refractivity contribution in [1.29, 1.82) is 0 Å². The number of carbonyl (C=O) groups excluding carboxylic acids is 1. The second-order valence-corrected chi connectivity index (χ2v) is 8.13. The van der Waals surface area contributed by atoms with E-state index in [0.717, 1.165) is 32.4 Å². The van der Waals surface area contributed by atoms with Gasteiger partial charge in [-0.05, 0) is 32.7 Å². The number of nitrogens with one attached hydrogen (secondary N) is 1. The lowest BCUT2D eigenvalue weighted by atomic mass is 9.77. The number of primary amides is 1. The van der Waals surface area contributed by atoms with Crippen LogP contribution in [0.2, 0.25) is 0 Å². The number of nitrogens with zero attached hydrogens (tertiary/aromatic N) is 2. The summed E-state index contributed by atoms with van der Waals surface area (Å²) >= 11 is 0. The van der Waals surface area contributed by atoms with E-state index in [-0.39, 0.29) is 5.91 Å². The summed E-state index contributed by atoms with van der Waals surface area (Å²) in [6.45, 7) is 2.49. The molecule has 7 nitrogen and oxygen atoms in total. The molecular weight excluding hydrogens is 292 g/mol. The van der Waals surface area contributed by atoms with Crippen LogP contribution >= 0.6 is 0 Å². The molecule has 1 aliphatic heterocycles. The predicted molar refractivity (Wildman–Crippen MR) is 81.2 cm³/mol. The molecule has 2 fully saturated rings. The zero-order valence-electron chi connectivity index (χ0n) is 12.8. The predicted octanol–water partition coefficient (Wildman–Crippen LogP) is -1.05. The fourth-order valence-electron chi connectivity index (χ4n) is 3.53. The maximum absolute atomic E-state index is 11.8. The molecule has 0 aromatic rings. The number of nitrogens with two attached hydrogens (primary N) is 1. The molecule has 0 spiro atoms. The molecule has 0 aromatic carbocycles. The maximum atomic E-state index is 11.8. The summed E-state index contributed by atoms with van der Waals surface area (Å²) in [7, 11) is -1.31. The quantitative estimate of drug-likeness (QED) is 0.689. The number of amides is 1. The van der Waals surface area contributed by atoms with E-state index in [9.17, 15) is 13.2 Å². The third-order valence-corrected chi connectivity index (χ3v) is 6.24. The summed E-state index contributed by atoms with van der Waals surface area (Å²) in [6, 6.07) is 0.292. The summed E-state index contributed by atoms with van der Waals surface area (Å²) in [6.07, 6.45) is 4.73. The first kappa shape index (κ1) is 16.7. The molecule has 21 heavy (non-hydrogen) atoms. The Kier molecular flexibility index (Phi) is 4.92. The van der Waals surface area contributed by atoms with E-state index in [1.165, 1.54) is 10.6 Å². The van der Waals surface area contributed by atoms with Crippen LogP contribution in [0.3, 0.4) is 0 Å². The van der Waals surface area contributed by atoms with Crippen molar-refractivity contribution in [2.45, 2.75) is 37.3 Å². The minimum Gasteiger partial charge on any atom is -0.368 e. The van der Waals surface area contributed by atoms with Crippen molar-refractivity contribution in [3.8, 4) is 0 Å². The Morgan fingerprint density at radius 1 is 1.29 bits per heavy atom. The van der Waals surface area contributed by atoms with Gasteiger partial charge in [-0.25, -0.2) is 8.42 Å². The van der Waals surface area contributed by atoms with Crippen LogP contribution in [0.25, 0.3) is 0 Å². The molecular formula is C13H26N4O3S. The minimum absolute atomic E-state index is 0.288. The van der Waals surface area contributed by atoms with Crippen molar-refractivity contribution in [1.82, 2.24) is 14.5 Å². The number of sulfonamides is 1. The SMILES string of the molecule is CNC1(C(N)=O)CCCC(N2CCN(S(C)(=O)=O)CC2)C1. The number of piperazine rings is 1. The molecule has 2 atom stereocenters. The molecule has 1 saturated carbocycles. The van der Waals surface area contributed by atoms with Gasteiger partial charge in [-0.2, -0.15) is 4.31 Å². The van der Waals surface area contributed by atoms with Crippen LogP contribution in [0.4, 0.5) is 0 Å². The van der Waals surface area contributed by atoms with Gasteiger partial charge >= 0.3 is 0 Å². The summed E-state index contributed by atoms with van der Waals surface area (Å²) in [5.74, 6) is -0.288. The largest absolute Gasteiger partial charge is 0.368 e. The molecule has 1 saturated heterocycles. The lowest BCUT2D eigenvalue weighted by molar-refractivity contribution is -0.126. The van der Waals surface area contributed by atoms with Crippen LogP contribution in [0, 0.1) is 0 Å². The highest BCUT2D eigenvalue weighted by molar-refractivity contribution is 7.88. The monoisotopic (exact) mass is 318 g/mol. The molecule has 122 valence electrons. The standard InChI is InChI=1S/C13H26N4O3S/c1-15-13(12(14)18)5-3-4-11(10-13)16-6-8-17(9-7-16)21(2,19)20/h11,15H,3-10H2,1-2H3,(H2,14,18). The second kappa shape index (κ2) is 6.20. The van der Waals surface area contributed by atoms with Crippen LogP contribution in [0.15, 0.2) is 0 Å². The Bertz CT molecular complexity index is 488. The van der Waals surface area contributed by atoms with Gasteiger partial charge in [-0.15, -0.1) is 0 Å². The normalized spacial score (nSPS) is 33.0. The molecule has 1 heterocycles. The van der Waals surface area contributed by atoms with Gasteiger partial charge in [0, 0.05) is 32.2 Å². The number of hydrogen-bond donors (Lipinski definition) is 2. The van der Waals surface area contributed by atoms with Gasteiger partial charge in [0.05, 0.1) is 11.8 Å². The summed E-state index contributed by atoms with van der Waals surface area (Å²) in [4.78, 5) is 14.1. The van der Waals surface area contributed by atoms with Crippen molar-refractivity contribution in [2.24, 2.45) is 5.73 Å². The molecule has 8 heteroatoms. The van der Waals surface area contributed by atoms with Crippen molar-refractivity contribution in [2.75, 3.05) is 39.5 Å². The first-order valence-corrected chi connectivity index (χ1v) is 9.31. The van der Waals surface area contributed by atoms with E-state index in [2.05, 4.69) is 10.2 Å². The average Bonchev–Trinajstić information content (AvgIpc) is 2.46. The van der Waals surface area contributed by atoms with Crippen molar-refractivity contribution in [3.63, 3.8) is 0 Å². The number of carbonyl (C=O) groups is 1. The van der Waals surface area contributed by atoms with Crippen LogP contribution in [-0.2, 0) is 14.8 Å². The third kappa shape index (κ3) is 3.56. The molecule has 0 aromatic heterocycles. The number of hydrogen-bond acceptors (Lipinski definition) is 5. The van der Waals surface area contributed by atoms with E-state index < -0.39 is 15.6 Å². The van der Waals surface area contributed by atoms with Crippen LogP contribution in [-0.4, -0.2) is 74.6 Å². The lowest BCUT2D eigenvalue weighted by Crippen LogP contribution is -2.61. The van der Waals surface area contributed by atoms with Gasteiger partial charge in [0.15, 0.2) is 0 Å². The molecule has 0 radical (unpaired) electrons. The Hall–Kier alpha value is -0.700. The van der Waals surface area contributed by atoms with Gasteiger partial charge in [-0.3, -0.25) is 9.69 Å². The average molecular weight is 318 g/mol. The highest BCUT2D eigenvalue weighted by atomic mass is 32.2. The lowest BCUT2D eigenvalue weighted by Gasteiger charge is -2.45. The van der Waals surface area contributed by atoms with E-state index in [0.29, 0.717) is 25.6 Å². The number of likely N-dealkylation sites (N-methyl/N-ethyl adjacent to an activating group) is 1. The second-order valence-electron chi connectivity index (χ2n) is 6.14. The highest BCUT2D eigenvalue weighted by Gasteiger charge is 2.42. The van der Waals surface area contributed by atoms with Crippen molar-refractivity contribution in [3.05, 3.63) is 0 Å².